The maximum Gasteiger partial charge on any atom is 0.210 e. The van der Waals surface area contributed by atoms with E-state index in [1.807, 2.05) is 62.6 Å². The third kappa shape index (κ3) is 3.57. The van der Waals surface area contributed by atoms with Gasteiger partial charge in [0, 0.05) is 18.3 Å². The Morgan fingerprint density at radius 3 is 2.40 bits per heavy atom. The highest BCUT2D eigenvalue weighted by Crippen LogP contribution is 2.36. The summed E-state index contributed by atoms with van der Waals surface area (Å²) < 4.78 is 5.97. The first-order valence-corrected chi connectivity index (χ1v) is 6.95. The Labute approximate surface area is 125 Å². The van der Waals surface area contributed by atoms with Gasteiger partial charge in [-0.3, -0.25) is 4.98 Å². The van der Waals surface area contributed by atoms with E-state index in [9.17, 15) is 0 Å². The predicted molar refractivity (Wildman–Crippen MR) is 81.8 cm³/mol. The minimum atomic E-state index is -1.04. The molecule has 0 aliphatic rings. The smallest absolute Gasteiger partial charge is 0.210 e. The van der Waals surface area contributed by atoms with Crippen LogP contribution in [0, 0.1) is 0 Å². The van der Waals surface area contributed by atoms with Crippen LogP contribution in [-0.2, 0) is 9.80 Å². The first-order valence-electron chi connectivity index (χ1n) is 6.57. The van der Waals surface area contributed by atoms with Gasteiger partial charge < -0.3 is 9.64 Å². The Morgan fingerprint density at radius 2 is 1.80 bits per heavy atom. The maximum atomic E-state index is 6.77. The van der Waals surface area contributed by atoms with Crippen LogP contribution in [0.3, 0.4) is 0 Å². The van der Waals surface area contributed by atoms with E-state index in [0.29, 0.717) is 12.3 Å². The van der Waals surface area contributed by atoms with Crippen LogP contribution in [0.5, 0.6) is 0 Å². The largest absolute Gasteiger partial charge is 0.349 e. The molecule has 3 nitrogen and oxygen atoms in total. The monoisotopic (exact) mass is 290 g/mol. The molecule has 1 atom stereocenters. The van der Waals surface area contributed by atoms with Crippen LogP contribution in [0.15, 0.2) is 54.7 Å². The molecule has 1 heterocycles. The van der Waals surface area contributed by atoms with E-state index in [-0.39, 0.29) is 0 Å². The lowest BCUT2D eigenvalue weighted by Crippen LogP contribution is -2.29. The zero-order valence-corrected chi connectivity index (χ0v) is 12.5. The highest BCUT2D eigenvalue weighted by atomic mass is 35.5. The molecular weight excluding hydrogens is 272 g/mol. The second-order valence-corrected chi connectivity index (χ2v) is 5.36. The number of hydrogen-bond donors (Lipinski definition) is 0. The van der Waals surface area contributed by atoms with Crippen molar-refractivity contribution < 1.29 is 4.74 Å². The molecule has 1 aromatic heterocycles. The number of ether oxygens (including phenoxy) is 1. The minimum absolute atomic E-state index is 0.530. The van der Waals surface area contributed by atoms with Crippen molar-refractivity contribution in [1.29, 1.82) is 0 Å². The molecule has 4 heteroatoms. The summed E-state index contributed by atoms with van der Waals surface area (Å²) in [4.78, 5) is 6.41. The van der Waals surface area contributed by atoms with Crippen molar-refractivity contribution in [2.24, 2.45) is 0 Å². The van der Waals surface area contributed by atoms with Gasteiger partial charge in [-0.2, -0.15) is 0 Å². The first kappa shape index (κ1) is 15.0. The van der Waals surface area contributed by atoms with Crippen molar-refractivity contribution in [3.8, 4) is 0 Å². The molecule has 0 aliphatic heterocycles. The topological polar surface area (TPSA) is 25.4 Å². The quantitative estimate of drug-likeness (QED) is 0.765. The summed E-state index contributed by atoms with van der Waals surface area (Å²) in [5.41, 5.74) is 1.59. The Morgan fingerprint density at radius 1 is 1.10 bits per heavy atom. The number of likely N-dealkylation sites (N-methyl/N-ethyl adjacent to an activating group) is 1. The SMILES string of the molecule is CN(C)CCOC(Cl)(c1ccccc1)c1ccccn1. The fraction of sp³-hybridized carbons (Fsp3) is 0.312. The van der Waals surface area contributed by atoms with E-state index in [1.54, 1.807) is 6.20 Å². The fourth-order valence-corrected chi connectivity index (χ4v) is 2.19. The number of nitrogens with zero attached hydrogens (tertiary/aromatic N) is 2. The molecule has 0 fully saturated rings. The predicted octanol–water partition coefficient (Wildman–Crippen LogP) is 3.10. The Balaban J connectivity index is 2.29. The molecule has 0 amide bonds. The molecule has 0 spiro atoms. The molecule has 0 saturated heterocycles. The van der Waals surface area contributed by atoms with Crippen LogP contribution in [0.1, 0.15) is 11.3 Å². The van der Waals surface area contributed by atoms with Gasteiger partial charge in [0.2, 0.25) is 5.06 Å². The molecule has 1 aromatic carbocycles. The molecule has 0 N–H and O–H groups in total. The first-order chi connectivity index (χ1) is 9.63. The third-order valence-electron chi connectivity index (χ3n) is 2.98. The Kier molecular flexibility index (Phi) is 5.12. The van der Waals surface area contributed by atoms with Gasteiger partial charge in [-0.25, -0.2) is 0 Å². The normalized spacial score (nSPS) is 14.2. The summed E-state index contributed by atoms with van der Waals surface area (Å²) in [5, 5.41) is -1.04. The molecule has 0 radical (unpaired) electrons. The molecule has 0 aliphatic carbocycles. The standard InChI is InChI=1S/C16H19ClN2O/c1-19(2)12-13-20-16(17,14-8-4-3-5-9-14)15-10-6-7-11-18-15/h3-11H,12-13H2,1-2H3. The summed E-state index contributed by atoms with van der Waals surface area (Å²) in [6, 6.07) is 15.4. The zero-order chi connectivity index (χ0) is 14.4. The van der Waals surface area contributed by atoms with Gasteiger partial charge >= 0.3 is 0 Å². The summed E-state index contributed by atoms with van der Waals surface area (Å²) in [7, 11) is 4.01. The van der Waals surface area contributed by atoms with Gasteiger partial charge in [-0.15, -0.1) is 0 Å². The second-order valence-electron chi connectivity index (χ2n) is 4.83. The summed E-state index contributed by atoms with van der Waals surface area (Å²) in [6.45, 7) is 1.33. The van der Waals surface area contributed by atoms with Gasteiger partial charge in [-0.05, 0) is 26.2 Å². The zero-order valence-electron chi connectivity index (χ0n) is 11.8. The second kappa shape index (κ2) is 6.84. The van der Waals surface area contributed by atoms with Crippen molar-refractivity contribution >= 4 is 11.6 Å². The van der Waals surface area contributed by atoms with Crippen LogP contribution in [0.2, 0.25) is 0 Å². The summed E-state index contributed by atoms with van der Waals surface area (Å²) in [5.74, 6) is 0. The average Bonchev–Trinajstić information content (AvgIpc) is 2.48. The van der Waals surface area contributed by atoms with Gasteiger partial charge in [0.1, 0.15) is 0 Å². The number of hydrogen-bond acceptors (Lipinski definition) is 3. The average molecular weight is 291 g/mol. The fourth-order valence-electron chi connectivity index (χ4n) is 1.88. The number of halogens is 1. The number of pyridine rings is 1. The lowest BCUT2D eigenvalue weighted by atomic mass is 10.1. The summed E-state index contributed by atoms with van der Waals surface area (Å²) in [6.07, 6.45) is 1.73. The van der Waals surface area contributed by atoms with E-state index in [4.69, 9.17) is 16.3 Å². The van der Waals surface area contributed by atoms with E-state index in [1.165, 1.54) is 0 Å². The van der Waals surface area contributed by atoms with Crippen LogP contribution in [-0.4, -0.2) is 37.1 Å². The van der Waals surface area contributed by atoms with Gasteiger partial charge in [-0.1, -0.05) is 48.0 Å². The van der Waals surface area contributed by atoms with Crippen molar-refractivity contribution in [2.75, 3.05) is 27.2 Å². The van der Waals surface area contributed by atoms with E-state index >= 15 is 0 Å². The molecule has 0 bridgehead atoms. The van der Waals surface area contributed by atoms with Gasteiger partial charge in [0.15, 0.2) is 0 Å². The number of alkyl halides is 1. The number of aromatic nitrogens is 1. The summed E-state index contributed by atoms with van der Waals surface area (Å²) >= 11 is 6.77. The van der Waals surface area contributed by atoms with E-state index < -0.39 is 5.06 Å². The molecule has 106 valence electrons. The van der Waals surface area contributed by atoms with Crippen LogP contribution >= 0.6 is 11.6 Å². The third-order valence-corrected chi connectivity index (χ3v) is 3.50. The van der Waals surface area contributed by atoms with Crippen LogP contribution < -0.4 is 0 Å². The Bertz CT molecular complexity index is 477. The number of rotatable bonds is 6. The highest BCUT2D eigenvalue weighted by molar-refractivity contribution is 6.24. The van der Waals surface area contributed by atoms with Gasteiger partial charge in [0.05, 0.1) is 12.3 Å². The lowest BCUT2D eigenvalue weighted by Gasteiger charge is -2.28. The molecule has 2 aromatic rings. The van der Waals surface area contributed by atoms with Crippen molar-refractivity contribution in [3.05, 3.63) is 66.0 Å². The Hall–Kier alpha value is -1.42. The highest BCUT2D eigenvalue weighted by Gasteiger charge is 2.34. The molecule has 2 rings (SSSR count). The molecule has 0 saturated carbocycles. The lowest BCUT2D eigenvalue weighted by molar-refractivity contribution is 0.0343. The van der Waals surface area contributed by atoms with Crippen molar-refractivity contribution in [2.45, 2.75) is 5.06 Å². The molecule has 1 unspecified atom stereocenters. The van der Waals surface area contributed by atoms with Crippen LogP contribution in [0.4, 0.5) is 0 Å². The van der Waals surface area contributed by atoms with Crippen molar-refractivity contribution in [3.63, 3.8) is 0 Å². The van der Waals surface area contributed by atoms with Crippen molar-refractivity contribution in [1.82, 2.24) is 9.88 Å². The molecule has 20 heavy (non-hydrogen) atoms. The molecular formula is C16H19ClN2O. The number of benzene rings is 1. The van der Waals surface area contributed by atoms with E-state index in [0.717, 1.165) is 12.1 Å². The van der Waals surface area contributed by atoms with E-state index in [2.05, 4.69) is 9.88 Å². The minimum Gasteiger partial charge on any atom is -0.349 e. The maximum absolute atomic E-state index is 6.77. The van der Waals surface area contributed by atoms with Crippen LogP contribution in [0.25, 0.3) is 0 Å². The van der Waals surface area contributed by atoms with Gasteiger partial charge in [0.25, 0.3) is 0 Å².